The van der Waals surface area contributed by atoms with E-state index in [1.165, 1.54) is 0 Å². The molecule has 0 bridgehead atoms. The summed E-state index contributed by atoms with van der Waals surface area (Å²) in [4.78, 5) is 0. The molecule has 0 aliphatic rings. The van der Waals surface area contributed by atoms with Gasteiger partial charge in [0.05, 0.1) is 6.10 Å². The van der Waals surface area contributed by atoms with Crippen molar-refractivity contribution in [3.63, 3.8) is 0 Å². The zero-order valence-corrected chi connectivity index (χ0v) is 15.0. The van der Waals surface area contributed by atoms with Gasteiger partial charge in [-0.15, -0.1) is 24.8 Å². The largest absolute Gasteiger partial charge is 0.390 e. The molecule has 0 saturated carbocycles. The first-order chi connectivity index (χ1) is 8.80. The molecule has 0 saturated heterocycles. The van der Waals surface area contributed by atoms with Crippen molar-refractivity contribution in [2.45, 2.75) is 52.3 Å². The van der Waals surface area contributed by atoms with E-state index >= 15 is 0 Å². The number of hydrogen-bond donors (Lipinski definition) is 3. The SMILES string of the molecule is C[C@H](NC[C@@H](O)[C@@H](N)Cc1ccccc1)C(C)(C)C.Cl.Cl. The van der Waals surface area contributed by atoms with Crippen LogP contribution < -0.4 is 11.1 Å². The second-order valence-corrected chi connectivity index (χ2v) is 6.42. The Morgan fingerprint density at radius 2 is 1.67 bits per heavy atom. The van der Waals surface area contributed by atoms with Crippen LogP contribution in [0.4, 0.5) is 0 Å². The van der Waals surface area contributed by atoms with Gasteiger partial charge < -0.3 is 16.2 Å². The summed E-state index contributed by atoms with van der Waals surface area (Å²) in [5.41, 5.74) is 7.40. The minimum atomic E-state index is -0.523. The fourth-order valence-corrected chi connectivity index (χ4v) is 1.78. The summed E-state index contributed by atoms with van der Waals surface area (Å²) in [6.07, 6.45) is 0.179. The van der Waals surface area contributed by atoms with Gasteiger partial charge in [-0.3, -0.25) is 0 Å². The average Bonchev–Trinajstić information content (AvgIpc) is 2.35. The highest BCUT2D eigenvalue weighted by molar-refractivity contribution is 5.85. The highest BCUT2D eigenvalue weighted by Gasteiger charge is 2.22. The summed E-state index contributed by atoms with van der Waals surface area (Å²) in [5, 5.41) is 13.5. The van der Waals surface area contributed by atoms with Crippen LogP contribution in [0, 0.1) is 5.41 Å². The standard InChI is InChI=1S/C16H28N2O.2ClH/c1-12(16(2,3)4)18-11-15(19)14(17)10-13-8-6-5-7-9-13;;/h5-9,12,14-15,18-19H,10-11,17H2,1-4H3;2*1H/t12-,14-,15+;;/m0../s1. The molecule has 0 fully saturated rings. The van der Waals surface area contributed by atoms with Crippen molar-refractivity contribution in [2.75, 3.05) is 6.54 Å². The van der Waals surface area contributed by atoms with Crippen LogP contribution in [-0.4, -0.2) is 29.8 Å². The molecule has 0 amide bonds. The Morgan fingerprint density at radius 3 is 2.14 bits per heavy atom. The molecule has 124 valence electrons. The number of rotatable bonds is 6. The molecule has 1 rings (SSSR count). The van der Waals surface area contributed by atoms with Gasteiger partial charge >= 0.3 is 0 Å². The first-order valence-electron chi connectivity index (χ1n) is 7.01. The fourth-order valence-electron chi connectivity index (χ4n) is 1.78. The predicted octanol–water partition coefficient (Wildman–Crippen LogP) is 2.79. The van der Waals surface area contributed by atoms with Gasteiger partial charge in [0, 0.05) is 18.6 Å². The molecular weight excluding hydrogens is 307 g/mol. The smallest absolute Gasteiger partial charge is 0.0818 e. The van der Waals surface area contributed by atoms with Crippen molar-refractivity contribution in [3.8, 4) is 0 Å². The van der Waals surface area contributed by atoms with Gasteiger partial charge in [0.2, 0.25) is 0 Å². The number of nitrogens with two attached hydrogens (primary N) is 1. The van der Waals surface area contributed by atoms with E-state index in [2.05, 4.69) is 33.0 Å². The van der Waals surface area contributed by atoms with Crippen LogP contribution in [0.1, 0.15) is 33.3 Å². The molecule has 0 aromatic heterocycles. The molecular formula is C16H30Cl2N2O. The van der Waals surface area contributed by atoms with Crippen LogP contribution in [0.3, 0.4) is 0 Å². The molecule has 0 heterocycles. The van der Waals surface area contributed by atoms with Crippen molar-refractivity contribution in [3.05, 3.63) is 35.9 Å². The number of aliphatic hydroxyl groups excluding tert-OH is 1. The molecule has 0 unspecified atom stereocenters. The van der Waals surface area contributed by atoms with Crippen LogP contribution in [0.25, 0.3) is 0 Å². The molecule has 21 heavy (non-hydrogen) atoms. The molecule has 0 radical (unpaired) electrons. The van der Waals surface area contributed by atoms with Gasteiger partial charge in [-0.25, -0.2) is 0 Å². The third-order valence-electron chi connectivity index (χ3n) is 3.74. The monoisotopic (exact) mass is 336 g/mol. The lowest BCUT2D eigenvalue weighted by molar-refractivity contribution is 0.130. The Bertz CT molecular complexity index is 368. The zero-order valence-electron chi connectivity index (χ0n) is 13.4. The number of hydrogen-bond acceptors (Lipinski definition) is 3. The van der Waals surface area contributed by atoms with E-state index in [-0.39, 0.29) is 36.3 Å². The number of halogens is 2. The Balaban J connectivity index is 0. The number of benzene rings is 1. The molecule has 1 aromatic carbocycles. The maximum absolute atomic E-state index is 10.1. The maximum Gasteiger partial charge on any atom is 0.0818 e. The van der Waals surface area contributed by atoms with E-state index < -0.39 is 6.10 Å². The van der Waals surface area contributed by atoms with Gasteiger partial charge in [0.1, 0.15) is 0 Å². The lowest BCUT2D eigenvalue weighted by Gasteiger charge is -2.30. The predicted molar refractivity (Wildman–Crippen MR) is 95.5 cm³/mol. The van der Waals surface area contributed by atoms with Crippen molar-refractivity contribution in [1.29, 1.82) is 0 Å². The Morgan fingerprint density at radius 1 is 1.14 bits per heavy atom. The van der Waals surface area contributed by atoms with Gasteiger partial charge in [-0.2, -0.15) is 0 Å². The van der Waals surface area contributed by atoms with Crippen molar-refractivity contribution in [2.24, 2.45) is 11.1 Å². The lowest BCUT2D eigenvalue weighted by atomic mass is 9.88. The van der Waals surface area contributed by atoms with E-state index in [9.17, 15) is 5.11 Å². The number of nitrogens with one attached hydrogen (secondary N) is 1. The average molecular weight is 337 g/mol. The maximum atomic E-state index is 10.1. The second-order valence-electron chi connectivity index (χ2n) is 6.42. The quantitative estimate of drug-likeness (QED) is 0.748. The molecule has 0 aliphatic heterocycles. The Labute approximate surface area is 141 Å². The summed E-state index contributed by atoms with van der Waals surface area (Å²) in [5.74, 6) is 0. The number of aliphatic hydroxyl groups is 1. The van der Waals surface area contributed by atoms with Gasteiger partial charge in [0.15, 0.2) is 0 Å². The van der Waals surface area contributed by atoms with Gasteiger partial charge in [-0.05, 0) is 24.3 Å². The summed E-state index contributed by atoms with van der Waals surface area (Å²) in [6, 6.07) is 10.2. The normalized spacial score (nSPS) is 15.3. The van der Waals surface area contributed by atoms with Crippen molar-refractivity contribution < 1.29 is 5.11 Å². The third kappa shape index (κ3) is 8.64. The molecule has 0 spiro atoms. The van der Waals surface area contributed by atoms with Crippen LogP contribution in [0.15, 0.2) is 30.3 Å². The highest BCUT2D eigenvalue weighted by Crippen LogP contribution is 2.18. The van der Waals surface area contributed by atoms with Gasteiger partial charge in [-0.1, -0.05) is 51.1 Å². The summed E-state index contributed by atoms with van der Waals surface area (Å²) >= 11 is 0. The van der Waals surface area contributed by atoms with Crippen molar-refractivity contribution >= 4 is 24.8 Å². The van der Waals surface area contributed by atoms with Crippen LogP contribution >= 0.6 is 24.8 Å². The lowest BCUT2D eigenvalue weighted by Crippen LogP contribution is -2.47. The van der Waals surface area contributed by atoms with E-state index in [0.717, 1.165) is 5.56 Å². The Kier molecular flexibility index (Phi) is 11.4. The van der Waals surface area contributed by atoms with Gasteiger partial charge in [0.25, 0.3) is 0 Å². The minimum absolute atomic E-state index is 0. The van der Waals surface area contributed by atoms with Crippen LogP contribution in [-0.2, 0) is 6.42 Å². The van der Waals surface area contributed by atoms with Crippen molar-refractivity contribution in [1.82, 2.24) is 5.32 Å². The van der Waals surface area contributed by atoms with E-state index in [4.69, 9.17) is 5.73 Å². The molecule has 4 N–H and O–H groups in total. The second kappa shape index (κ2) is 10.4. The molecule has 5 heteroatoms. The summed E-state index contributed by atoms with van der Waals surface area (Å²) < 4.78 is 0. The van der Waals surface area contributed by atoms with Crippen LogP contribution in [0.2, 0.25) is 0 Å². The Hall–Kier alpha value is -0.320. The van der Waals surface area contributed by atoms with E-state index in [1.807, 2.05) is 30.3 Å². The molecule has 3 nitrogen and oxygen atoms in total. The molecule has 0 aliphatic carbocycles. The first kappa shape index (κ1) is 23.0. The highest BCUT2D eigenvalue weighted by atomic mass is 35.5. The molecule has 1 aromatic rings. The van der Waals surface area contributed by atoms with E-state index in [0.29, 0.717) is 19.0 Å². The summed E-state index contributed by atoms with van der Waals surface area (Å²) in [7, 11) is 0. The zero-order chi connectivity index (χ0) is 14.5. The molecule has 3 atom stereocenters. The third-order valence-corrected chi connectivity index (χ3v) is 3.74. The first-order valence-corrected chi connectivity index (χ1v) is 7.01. The topological polar surface area (TPSA) is 58.3 Å². The van der Waals surface area contributed by atoms with E-state index in [1.54, 1.807) is 0 Å². The minimum Gasteiger partial charge on any atom is -0.390 e. The fraction of sp³-hybridized carbons (Fsp3) is 0.625. The summed E-state index contributed by atoms with van der Waals surface area (Å²) in [6.45, 7) is 9.21. The van der Waals surface area contributed by atoms with Crippen LogP contribution in [0.5, 0.6) is 0 Å².